The van der Waals surface area contributed by atoms with Crippen molar-refractivity contribution in [3.05, 3.63) is 34.9 Å². The summed E-state index contributed by atoms with van der Waals surface area (Å²) in [5.74, 6) is 0.260. The van der Waals surface area contributed by atoms with Crippen LogP contribution in [0.1, 0.15) is 41.3 Å². The Balaban J connectivity index is 2.09. The summed E-state index contributed by atoms with van der Waals surface area (Å²) in [6, 6.07) is 6.61. The van der Waals surface area contributed by atoms with E-state index in [-0.39, 0.29) is 5.78 Å². The van der Waals surface area contributed by atoms with Gasteiger partial charge in [-0.3, -0.25) is 9.69 Å². The van der Waals surface area contributed by atoms with Crippen molar-refractivity contribution in [1.29, 1.82) is 0 Å². The van der Waals surface area contributed by atoms with Gasteiger partial charge in [-0.25, -0.2) is 0 Å². The van der Waals surface area contributed by atoms with Gasteiger partial charge in [-0.05, 0) is 45.8 Å². The first-order valence-electron chi connectivity index (χ1n) is 8.04. The Labute approximate surface area is 128 Å². The lowest BCUT2D eigenvalue weighted by Crippen LogP contribution is -2.42. The Morgan fingerprint density at radius 3 is 2.71 bits per heavy atom. The molecule has 1 fully saturated rings. The van der Waals surface area contributed by atoms with Crippen molar-refractivity contribution in [1.82, 2.24) is 9.80 Å². The molecule has 1 aromatic rings. The third-order valence-corrected chi connectivity index (χ3v) is 4.52. The van der Waals surface area contributed by atoms with Crippen LogP contribution in [0, 0.1) is 13.8 Å². The lowest BCUT2D eigenvalue weighted by Gasteiger charge is -2.29. The zero-order valence-corrected chi connectivity index (χ0v) is 13.9. The van der Waals surface area contributed by atoms with E-state index in [1.165, 1.54) is 5.56 Å². The van der Waals surface area contributed by atoms with Crippen molar-refractivity contribution in [2.45, 2.75) is 39.7 Å². The van der Waals surface area contributed by atoms with Crippen molar-refractivity contribution in [3.8, 4) is 0 Å². The molecule has 0 amide bonds. The van der Waals surface area contributed by atoms with Crippen LogP contribution in [0.2, 0.25) is 0 Å². The number of aryl methyl sites for hydroxylation is 2. The average molecular weight is 288 g/mol. The van der Waals surface area contributed by atoms with Crippen LogP contribution in [0.5, 0.6) is 0 Å². The van der Waals surface area contributed by atoms with Crippen molar-refractivity contribution in [2.75, 3.05) is 33.2 Å². The number of nitrogens with zero attached hydrogens (tertiary/aromatic N) is 2. The standard InChI is InChI=1S/C18H28N2O/c1-5-16-12-19(4)9-6-10-20(16)13-18(21)17-8-7-14(2)11-15(17)3/h7-8,11,16H,5-6,9-10,12-13H2,1-4H3. The SMILES string of the molecule is CCC1CN(C)CCCN1CC(=O)c1ccc(C)cc1C. The number of ketones is 1. The van der Waals surface area contributed by atoms with E-state index >= 15 is 0 Å². The minimum absolute atomic E-state index is 0.260. The van der Waals surface area contributed by atoms with Gasteiger partial charge in [-0.15, -0.1) is 0 Å². The lowest BCUT2D eigenvalue weighted by atomic mass is 10.0. The van der Waals surface area contributed by atoms with Crippen LogP contribution in [-0.2, 0) is 0 Å². The van der Waals surface area contributed by atoms with Gasteiger partial charge in [0.15, 0.2) is 5.78 Å². The van der Waals surface area contributed by atoms with Gasteiger partial charge in [0, 0.05) is 24.7 Å². The summed E-state index contributed by atoms with van der Waals surface area (Å²) < 4.78 is 0. The zero-order chi connectivity index (χ0) is 15.4. The monoisotopic (exact) mass is 288 g/mol. The molecule has 0 spiro atoms. The Kier molecular flexibility index (Phi) is 5.54. The predicted molar refractivity (Wildman–Crippen MR) is 88.0 cm³/mol. The van der Waals surface area contributed by atoms with E-state index in [9.17, 15) is 4.79 Å². The minimum Gasteiger partial charge on any atom is -0.305 e. The molecule has 0 aliphatic carbocycles. The predicted octanol–water partition coefficient (Wildman–Crippen LogP) is 2.90. The molecule has 3 nitrogen and oxygen atoms in total. The number of rotatable bonds is 4. The molecule has 0 N–H and O–H groups in total. The second kappa shape index (κ2) is 7.19. The molecule has 1 aromatic carbocycles. The summed E-state index contributed by atoms with van der Waals surface area (Å²) in [7, 11) is 2.18. The molecule has 0 saturated carbocycles. The normalized spacial score (nSPS) is 21.2. The van der Waals surface area contributed by atoms with Gasteiger partial charge in [-0.2, -0.15) is 0 Å². The second-order valence-corrected chi connectivity index (χ2v) is 6.39. The van der Waals surface area contributed by atoms with Gasteiger partial charge in [0.1, 0.15) is 0 Å². The third kappa shape index (κ3) is 4.14. The van der Waals surface area contributed by atoms with Gasteiger partial charge in [-0.1, -0.05) is 30.7 Å². The van der Waals surface area contributed by atoms with Crippen LogP contribution in [0.4, 0.5) is 0 Å². The molecule has 2 rings (SSSR count). The highest BCUT2D eigenvalue weighted by Crippen LogP contribution is 2.16. The van der Waals surface area contributed by atoms with Gasteiger partial charge in [0.2, 0.25) is 0 Å². The van der Waals surface area contributed by atoms with Crippen LogP contribution in [0.3, 0.4) is 0 Å². The minimum atomic E-state index is 0.260. The molecule has 0 aromatic heterocycles. The number of likely N-dealkylation sites (N-methyl/N-ethyl adjacent to an activating group) is 1. The molecule has 1 atom stereocenters. The summed E-state index contributed by atoms with van der Waals surface area (Å²) in [6.45, 7) is 10.1. The average Bonchev–Trinajstić information content (AvgIpc) is 2.60. The number of carbonyl (C=O) groups excluding carboxylic acids is 1. The first-order valence-corrected chi connectivity index (χ1v) is 8.04. The maximum atomic E-state index is 12.6. The lowest BCUT2D eigenvalue weighted by molar-refractivity contribution is 0.0887. The van der Waals surface area contributed by atoms with Gasteiger partial charge < -0.3 is 4.90 Å². The topological polar surface area (TPSA) is 23.6 Å². The molecule has 1 unspecified atom stereocenters. The highest BCUT2D eigenvalue weighted by Gasteiger charge is 2.24. The highest BCUT2D eigenvalue weighted by atomic mass is 16.1. The molecule has 116 valence electrons. The fourth-order valence-electron chi connectivity index (χ4n) is 3.28. The summed E-state index contributed by atoms with van der Waals surface area (Å²) in [5.41, 5.74) is 3.19. The number of benzene rings is 1. The number of Topliss-reactive ketones (excluding diaryl/α,β-unsaturated/α-hetero) is 1. The van der Waals surface area contributed by atoms with Crippen molar-refractivity contribution in [3.63, 3.8) is 0 Å². The highest BCUT2D eigenvalue weighted by molar-refractivity contribution is 5.99. The van der Waals surface area contributed by atoms with Gasteiger partial charge >= 0.3 is 0 Å². The van der Waals surface area contributed by atoms with Crippen molar-refractivity contribution < 1.29 is 4.79 Å². The fourth-order valence-corrected chi connectivity index (χ4v) is 3.28. The maximum Gasteiger partial charge on any atom is 0.177 e. The quantitative estimate of drug-likeness (QED) is 0.796. The molecule has 21 heavy (non-hydrogen) atoms. The largest absolute Gasteiger partial charge is 0.305 e. The fraction of sp³-hybridized carbons (Fsp3) is 0.611. The number of hydrogen-bond donors (Lipinski definition) is 0. The van der Waals surface area contributed by atoms with Crippen molar-refractivity contribution >= 4 is 5.78 Å². The molecule has 0 bridgehead atoms. The van der Waals surface area contributed by atoms with Gasteiger partial charge in [0.25, 0.3) is 0 Å². The Morgan fingerprint density at radius 1 is 1.29 bits per heavy atom. The molecule has 1 aliphatic rings. The smallest absolute Gasteiger partial charge is 0.177 e. The first-order chi connectivity index (χ1) is 10.0. The van der Waals surface area contributed by atoms with E-state index in [1.807, 2.05) is 19.1 Å². The van der Waals surface area contributed by atoms with Crippen molar-refractivity contribution in [2.24, 2.45) is 0 Å². The van der Waals surface area contributed by atoms with E-state index in [0.717, 1.165) is 43.6 Å². The molecule has 3 heteroatoms. The van der Waals surface area contributed by atoms with Crippen LogP contribution >= 0.6 is 0 Å². The Morgan fingerprint density at radius 2 is 2.05 bits per heavy atom. The van der Waals surface area contributed by atoms with E-state index < -0.39 is 0 Å². The molecular weight excluding hydrogens is 260 g/mol. The van der Waals surface area contributed by atoms with E-state index in [4.69, 9.17) is 0 Å². The molecule has 0 radical (unpaired) electrons. The Bertz CT molecular complexity index is 498. The van der Waals surface area contributed by atoms with E-state index in [2.05, 4.69) is 36.8 Å². The van der Waals surface area contributed by atoms with Crippen LogP contribution in [-0.4, -0.2) is 54.9 Å². The zero-order valence-electron chi connectivity index (χ0n) is 13.9. The van der Waals surface area contributed by atoms with E-state index in [1.54, 1.807) is 0 Å². The summed E-state index contributed by atoms with van der Waals surface area (Å²) in [4.78, 5) is 17.4. The summed E-state index contributed by atoms with van der Waals surface area (Å²) in [6.07, 6.45) is 2.25. The van der Waals surface area contributed by atoms with Crippen LogP contribution in [0.15, 0.2) is 18.2 Å². The van der Waals surface area contributed by atoms with Gasteiger partial charge in [0.05, 0.1) is 6.54 Å². The number of hydrogen-bond acceptors (Lipinski definition) is 3. The third-order valence-electron chi connectivity index (χ3n) is 4.52. The second-order valence-electron chi connectivity index (χ2n) is 6.39. The van der Waals surface area contributed by atoms with Crippen LogP contribution in [0.25, 0.3) is 0 Å². The van der Waals surface area contributed by atoms with E-state index in [0.29, 0.717) is 12.6 Å². The summed E-state index contributed by atoms with van der Waals surface area (Å²) in [5, 5.41) is 0. The molecule has 1 saturated heterocycles. The van der Waals surface area contributed by atoms with Crippen LogP contribution < -0.4 is 0 Å². The molecule has 1 heterocycles. The number of carbonyl (C=O) groups is 1. The molecular formula is C18H28N2O. The summed E-state index contributed by atoms with van der Waals surface area (Å²) >= 11 is 0. The Hall–Kier alpha value is -1.19. The maximum absolute atomic E-state index is 12.6. The first kappa shape index (κ1) is 16.2. The molecule has 1 aliphatic heterocycles.